The van der Waals surface area contributed by atoms with Crippen molar-refractivity contribution in [3.8, 4) is 0 Å². The molecule has 0 aliphatic carbocycles. The molecule has 0 fully saturated rings. The molecule has 1 aromatic heterocycles. The van der Waals surface area contributed by atoms with Crippen molar-refractivity contribution in [2.24, 2.45) is 0 Å². The second-order valence-electron chi connectivity index (χ2n) is 5.76. The number of amides is 1. The molecule has 0 saturated carbocycles. The van der Waals surface area contributed by atoms with E-state index in [4.69, 9.17) is 0 Å². The summed E-state index contributed by atoms with van der Waals surface area (Å²) >= 11 is 0. The number of halogens is 4. The summed E-state index contributed by atoms with van der Waals surface area (Å²) in [5, 5.41) is 2.30. The third-order valence-electron chi connectivity index (χ3n) is 3.60. The van der Waals surface area contributed by atoms with Crippen LogP contribution < -0.4 is 5.32 Å². The second kappa shape index (κ2) is 7.50. The molecule has 25 heavy (non-hydrogen) atoms. The van der Waals surface area contributed by atoms with E-state index in [1.54, 1.807) is 17.0 Å². The van der Waals surface area contributed by atoms with Crippen molar-refractivity contribution in [1.29, 1.82) is 0 Å². The summed E-state index contributed by atoms with van der Waals surface area (Å²) in [5.74, 6) is -6.75. The highest BCUT2D eigenvalue weighted by molar-refractivity contribution is 5.73. The molecule has 0 aliphatic rings. The zero-order valence-electron chi connectivity index (χ0n) is 13.9. The maximum Gasteiger partial charge on any atom is 0.253 e. The van der Waals surface area contributed by atoms with E-state index in [-0.39, 0.29) is 17.6 Å². The summed E-state index contributed by atoms with van der Waals surface area (Å²) in [6.45, 7) is 5.60. The molecule has 0 unspecified atom stereocenters. The fourth-order valence-corrected chi connectivity index (χ4v) is 2.29. The van der Waals surface area contributed by atoms with E-state index in [9.17, 15) is 22.4 Å². The molecule has 0 aliphatic heterocycles. The van der Waals surface area contributed by atoms with E-state index >= 15 is 0 Å². The fraction of sp³-hybridized carbons (Fsp3) is 0.294. The summed E-state index contributed by atoms with van der Waals surface area (Å²) in [6.07, 6.45) is 0. The van der Waals surface area contributed by atoms with Crippen LogP contribution in [0.1, 0.15) is 26.3 Å². The third-order valence-corrected chi connectivity index (χ3v) is 3.60. The first-order chi connectivity index (χ1) is 11.7. The molecular weight excluding hydrogens is 338 g/mol. The van der Waals surface area contributed by atoms with E-state index in [1.807, 2.05) is 13.8 Å². The number of pyridine rings is 1. The summed E-state index contributed by atoms with van der Waals surface area (Å²) < 4.78 is 53.4. The summed E-state index contributed by atoms with van der Waals surface area (Å²) in [7, 11) is 0. The van der Waals surface area contributed by atoms with Crippen molar-refractivity contribution >= 4 is 17.3 Å². The van der Waals surface area contributed by atoms with Crippen LogP contribution in [-0.2, 0) is 11.3 Å². The van der Waals surface area contributed by atoms with Crippen molar-refractivity contribution in [2.75, 3.05) is 5.32 Å². The Kier molecular flexibility index (Phi) is 5.61. The van der Waals surface area contributed by atoms with Gasteiger partial charge in [-0.05, 0) is 31.5 Å². The molecule has 0 atom stereocenters. The Morgan fingerprint density at radius 1 is 1.08 bits per heavy atom. The Hall–Kier alpha value is -2.64. The van der Waals surface area contributed by atoms with Crippen LogP contribution in [-0.4, -0.2) is 21.8 Å². The van der Waals surface area contributed by atoms with Crippen LogP contribution in [0.25, 0.3) is 0 Å². The number of hydrogen-bond donors (Lipinski definition) is 1. The van der Waals surface area contributed by atoms with Crippen molar-refractivity contribution < 1.29 is 22.4 Å². The molecular formula is C17H17F4N3O. The van der Waals surface area contributed by atoms with Crippen LogP contribution in [0.5, 0.6) is 0 Å². The summed E-state index contributed by atoms with van der Waals surface area (Å²) in [4.78, 5) is 15.7. The van der Waals surface area contributed by atoms with Crippen LogP contribution in [0.2, 0.25) is 0 Å². The van der Waals surface area contributed by atoms with E-state index in [2.05, 4.69) is 10.3 Å². The predicted molar refractivity (Wildman–Crippen MR) is 85.2 cm³/mol. The van der Waals surface area contributed by atoms with Gasteiger partial charge in [0.15, 0.2) is 0 Å². The molecule has 1 aromatic carbocycles. The number of hydrogen-bond acceptors (Lipinski definition) is 3. The zero-order valence-corrected chi connectivity index (χ0v) is 13.9. The van der Waals surface area contributed by atoms with E-state index in [0.717, 1.165) is 5.56 Å². The van der Waals surface area contributed by atoms with Crippen LogP contribution >= 0.6 is 0 Å². The van der Waals surface area contributed by atoms with Gasteiger partial charge < -0.3 is 10.2 Å². The van der Waals surface area contributed by atoms with Crippen LogP contribution in [0.3, 0.4) is 0 Å². The zero-order chi connectivity index (χ0) is 18.7. The van der Waals surface area contributed by atoms with E-state index < -0.39 is 29.2 Å². The topological polar surface area (TPSA) is 45.2 Å². The number of benzene rings is 1. The predicted octanol–water partition coefficient (Wildman–Crippen LogP) is 4.14. The van der Waals surface area contributed by atoms with Gasteiger partial charge in [0.1, 0.15) is 5.69 Å². The lowest BCUT2D eigenvalue weighted by molar-refractivity contribution is -0.131. The van der Waals surface area contributed by atoms with E-state index in [0.29, 0.717) is 6.54 Å². The van der Waals surface area contributed by atoms with Crippen molar-refractivity contribution in [1.82, 2.24) is 9.88 Å². The highest BCUT2D eigenvalue weighted by Gasteiger charge is 2.21. The van der Waals surface area contributed by atoms with Gasteiger partial charge in [0.2, 0.25) is 17.5 Å². The number of nitrogens with one attached hydrogen (secondary N) is 1. The minimum Gasteiger partial charge on any atom is -0.350 e. The van der Waals surface area contributed by atoms with Gasteiger partial charge in [-0.1, -0.05) is 12.1 Å². The molecule has 1 N–H and O–H groups in total. The molecule has 2 aromatic rings. The monoisotopic (exact) mass is 355 g/mol. The average molecular weight is 355 g/mol. The number of carbonyl (C=O) groups is 1. The number of rotatable bonds is 5. The van der Waals surface area contributed by atoms with Gasteiger partial charge in [0.05, 0.1) is 0 Å². The van der Waals surface area contributed by atoms with Gasteiger partial charge in [-0.15, -0.1) is 0 Å². The third kappa shape index (κ3) is 4.26. The molecule has 1 heterocycles. The lowest BCUT2D eigenvalue weighted by Crippen LogP contribution is -2.34. The molecule has 4 nitrogen and oxygen atoms in total. The molecule has 2 rings (SSSR count). The smallest absolute Gasteiger partial charge is 0.253 e. The first kappa shape index (κ1) is 18.7. The Labute approximate surface area is 142 Å². The quantitative estimate of drug-likeness (QED) is 0.648. The average Bonchev–Trinajstić information content (AvgIpc) is 2.55. The maximum absolute atomic E-state index is 13.6. The minimum atomic E-state index is -1.73. The van der Waals surface area contributed by atoms with Crippen molar-refractivity contribution in [3.05, 3.63) is 53.4 Å². The molecule has 8 heteroatoms. The van der Waals surface area contributed by atoms with Gasteiger partial charge >= 0.3 is 0 Å². The lowest BCUT2D eigenvalue weighted by Gasteiger charge is -2.25. The summed E-state index contributed by atoms with van der Waals surface area (Å²) in [6, 6.07) is 6.28. The molecule has 0 saturated heterocycles. The van der Waals surface area contributed by atoms with Gasteiger partial charge in [0.25, 0.3) is 11.9 Å². The highest BCUT2D eigenvalue weighted by Crippen LogP contribution is 2.26. The van der Waals surface area contributed by atoms with Gasteiger partial charge in [0, 0.05) is 25.2 Å². The lowest BCUT2D eigenvalue weighted by atomic mass is 10.1. The fourth-order valence-electron chi connectivity index (χ4n) is 2.29. The van der Waals surface area contributed by atoms with Gasteiger partial charge in [-0.3, -0.25) is 4.79 Å². The molecule has 134 valence electrons. The normalized spacial score (nSPS) is 10.9. The molecule has 0 spiro atoms. The first-order valence-electron chi connectivity index (χ1n) is 7.53. The maximum atomic E-state index is 13.6. The SMILES string of the molecule is CC(=O)N(Cc1ccc(Nc2c(F)c(F)nc(F)c2F)cc1)C(C)C. The van der Waals surface area contributed by atoms with Crippen LogP contribution in [0.15, 0.2) is 24.3 Å². The Balaban J connectivity index is 2.20. The highest BCUT2D eigenvalue weighted by atomic mass is 19.2. The standard InChI is InChI=1S/C17H17F4N3O/c1-9(2)24(10(3)25)8-11-4-6-12(7-5-11)22-15-13(18)16(20)23-17(21)14(15)19/h4-7,9H,8H2,1-3H3,(H,22,23). The second-order valence-corrected chi connectivity index (χ2v) is 5.76. The molecule has 0 radical (unpaired) electrons. The number of carbonyl (C=O) groups excluding carboxylic acids is 1. The molecule has 1 amide bonds. The minimum absolute atomic E-state index is 0.0151. The van der Waals surface area contributed by atoms with Gasteiger partial charge in [-0.2, -0.15) is 22.5 Å². The molecule has 0 bridgehead atoms. The Morgan fingerprint density at radius 2 is 1.60 bits per heavy atom. The van der Waals surface area contributed by atoms with Crippen LogP contribution in [0.4, 0.5) is 28.9 Å². The number of nitrogens with zero attached hydrogens (tertiary/aromatic N) is 2. The van der Waals surface area contributed by atoms with Gasteiger partial charge in [-0.25, -0.2) is 0 Å². The number of aromatic nitrogens is 1. The largest absolute Gasteiger partial charge is 0.350 e. The van der Waals surface area contributed by atoms with E-state index in [1.165, 1.54) is 19.1 Å². The Morgan fingerprint density at radius 3 is 2.04 bits per heavy atom. The van der Waals surface area contributed by atoms with Crippen molar-refractivity contribution in [2.45, 2.75) is 33.4 Å². The van der Waals surface area contributed by atoms with Crippen LogP contribution in [0, 0.1) is 23.5 Å². The Bertz CT molecular complexity index is 752. The first-order valence-corrected chi connectivity index (χ1v) is 7.53. The summed E-state index contributed by atoms with van der Waals surface area (Å²) in [5.41, 5.74) is 0.0678. The number of anilines is 2. The van der Waals surface area contributed by atoms with Crippen molar-refractivity contribution in [3.63, 3.8) is 0 Å².